The van der Waals surface area contributed by atoms with Crippen LogP contribution < -0.4 is 4.90 Å². The Bertz CT molecular complexity index is 945. The molecule has 1 heterocycles. The molecule has 2 aromatic rings. The predicted octanol–water partition coefficient (Wildman–Crippen LogP) is 3.39. The highest BCUT2D eigenvalue weighted by atomic mass is 16.5. The van der Waals surface area contributed by atoms with Gasteiger partial charge in [-0.05, 0) is 62.2 Å². The quantitative estimate of drug-likeness (QED) is 0.452. The lowest BCUT2D eigenvalue weighted by molar-refractivity contribution is -0.121. The van der Waals surface area contributed by atoms with Crippen molar-refractivity contribution in [2.75, 3.05) is 4.90 Å². The van der Waals surface area contributed by atoms with Gasteiger partial charge in [0.15, 0.2) is 6.10 Å². The zero-order valence-electron chi connectivity index (χ0n) is 16.0. The number of imide groups is 1. The summed E-state index contributed by atoms with van der Waals surface area (Å²) in [7, 11) is 0. The molecule has 1 atom stereocenters. The van der Waals surface area contributed by atoms with Crippen LogP contribution in [0, 0.1) is 13.8 Å². The number of hydrogen-bond donors (Lipinski definition) is 0. The molecule has 0 spiro atoms. The molecule has 0 bridgehead atoms. The van der Waals surface area contributed by atoms with E-state index in [9.17, 15) is 19.2 Å². The van der Waals surface area contributed by atoms with Crippen LogP contribution in [0.25, 0.3) is 0 Å². The van der Waals surface area contributed by atoms with Gasteiger partial charge < -0.3 is 4.74 Å². The van der Waals surface area contributed by atoms with E-state index in [4.69, 9.17) is 4.74 Å². The van der Waals surface area contributed by atoms with Crippen molar-refractivity contribution in [2.45, 2.75) is 39.7 Å². The third kappa shape index (κ3) is 3.86. The number of anilines is 1. The van der Waals surface area contributed by atoms with Gasteiger partial charge in [-0.1, -0.05) is 12.1 Å². The zero-order chi connectivity index (χ0) is 20.4. The van der Waals surface area contributed by atoms with Crippen molar-refractivity contribution in [3.05, 3.63) is 64.7 Å². The number of carbonyl (C=O) groups excluding carboxylic acids is 4. The lowest BCUT2D eigenvalue weighted by Gasteiger charge is -2.15. The highest BCUT2D eigenvalue weighted by Crippen LogP contribution is 2.23. The van der Waals surface area contributed by atoms with E-state index in [2.05, 4.69) is 0 Å². The molecule has 0 radical (unpaired) electrons. The Morgan fingerprint density at radius 3 is 2.04 bits per heavy atom. The van der Waals surface area contributed by atoms with Crippen LogP contribution in [-0.4, -0.2) is 29.7 Å². The van der Waals surface area contributed by atoms with Gasteiger partial charge in [-0.2, -0.15) is 0 Å². The number of Topliss-reactive ketones (excluding diaryl/α,β-unsaturated/α-hetero) is 1. The SMILES string of the molecule is Cc1ccc(C(=O)C(C)OC(=O)c2ccc(N3C(=O)CCC3=O)cc2)cc1C. The molecule has 2 aromatic carbocycles. The molecule has 1 aliphatic heterocycles. The van der Waals surface area contributed by atoms with Gasteiger partial charge in [0.1, 0.15) is 0 Å². The maximum Gasteiger partial charge on any atom is 0.338 e. The third-order valence-corrected chi connectivity index (χ3v) is 4.86. The van der Waals surface area contributed by atoms with Crippen molar-refractivity contribution in [1.29, 1.82) is 0 Å². The molecule has 144 valence electrons. The summed E-state index contributed by atoms with van der Waals surface area (Å²) in [6.45, 7) is 5.41. The molecule has 1 aliphatic rings. The van der Waals surface area contributed by atoms with Gasteiger partial charge in [-0.25, -0.2) is 4.79 Å². The fraction of sp³-hybridized carbons (Fsp3) is 0.273. The second-order valence-electron chi connectivity index (χ2n) is 6.88. The van der Waals surface area contributed by atoms with Crippen molar-refractivity contribution in [2.24, 2.45) is 0 Å². The molecular formula is C22H21NO5. The van der Waals surface area contributed by atoms with Gasteiger partial charge in [-0.15, -0.1) is 0 Å². The summed E-state index contributed by atoms with van der Waals surface area (Å²) < 4.78 is 5.29. The van der Waals surface area contributed by atoms with Gasteiger partial charge >= 0.3 is 5.97 Å². The second-order valence-corrected chi connectivity index (χ2v) is 6.88. The van der Waals surface area contributed by atoms with Gasteiger partial charge in [0.25, 0.3) is 0 Å². The molecule has 3 rings (SSSR count). The summed E-state index contributed by atoms with van der Waals surface area (Å²) in [5.41, 5.74) is 3.22. The van der Waals surface area contributed by atoms with E-state index in [1.165, 1.54) is 31.2 Å². The average Bonchev–Trinajstić information content (AvgIpc) is 3.01. The van der Waals surface area contributed by atoms with Crippen molar-refractivity contribution in [3.8, 4) is 0 Å². The van der Waals surface area contributed by atoms with E-state index in [1.54, 1.807) is 12.1 Å². The van der Waals surface area contributed by atoms with E-state index in [0.717, 1.165) is 16.0 Å². The maximum atomic E-state index is 12.5. The Labute approximate surface area is 163 Å². The summed E-state index contributed by atoms with van der Waals surface area (Å²) >= 11 is 0. The first-order chi connectivity index (χ1) is 13.3. The molecule has 2 amide bonds. The van der Waals surface area contributed by atoms with Crippen LogP contribution in [0.3, 0.4) is 0 Å². The zero-order valence-corrected chi connectivity index (χ0v) is 16.0. The number of benzene rings is 2. The Hall–Kier alpha value is -3.28. The number of nitrogens with zero attached hydrogens (tertiary/aromatic N) is 1. The number of aryl methyl sites for hydroxylation is 2. The van der Waals surface area contributed by atoms with Crippen LogP contribution in [0.15, 0.2) is 42.5 Å². The van der Waals surface area contributed by atoms with Crippen molar-refractivity contribution >= 4 is 29.3 Å². The summed E-state index contributed by atoms with van der Waals surface area (Å²) in [5, 5.41) is 0. The van der Waals surface area contributed by atoms with Crippen LogP contribution >= 0.6 is 0 Å². The van der Waals surface area contributed by atoms with E-state index >= 15 is 0 Å². The average molecular weight is 379 g/mol. The topological polar surface area (TPSA) is 80.8 Å². The number of ketones is 1. The number of esters is 1. The van der Waals surface area contributed by atoms with Crippen molar-refractivity contribution in [3.63, 3.8) is 0 Å². The van der Waals surface area contributed by atoms with Crippen LogP contribution in [-0.2, 0) is 14.3 Å². The molecule has 1 unspecified atom stereocenters. The first-order valence-corrected chi connectivity index (χ1v) is 9.06. The number of ether oxygens (including phenoxy) is 1. The van der Waals surface area contributed by atoms with Crippen LogP contribution in [0.5, 0.6) is 0 Å². The lowest BCUT2D eigenvalue weighted by Crippen LogP contribution is -2.28. The van der Waals surface area contributed by atoms with Gasteiger partial charge in [0.05, 0.1) is 11.3 Å². The minimum Gasteiger partial charge on any atom is -0.451 e. The minimum atomic E-state index is -0.934. The largest absolute Gasteiger partial charge is 0.451 e. The van der Waals surface area contributed by atoms with E-state index in [0.29, 0.717) is 11.3 Å². The lowest BCUT2D eigenvalue weighted by atomic mass is 10.0. The molecular weight excluding hydrogens is 358 g/mol. The molecule has 6 heteroatoms. The highest BCUT2D eigenvalue weighted by molar-refractivity contribution is 6.19. The number of carbonyl (C=O) groups is 4. The second kappa shape index (κ2) is 7.76. The first kappa shape index (κ1) is 19.5. The normalized spacial score (nSPS) is 14.9. The Kier molecular flexibility index (Phi) is 5.40. The summed E-state index contributed by atoms with van der Waals surface area (Å²) in [6, 6.07) is 11.3. The molecule has 6 nitrogen and oxygen atoms in total. The van der Waals surface area contributed by atoms with Crippen LogP contribution in [0.4, 0.5) is 5.69 Å². The number of hydrogen-bond acceptors (Lipinski definition) is 5. The van der Waals surface area contributed by atoms with Crippen molar-refractivity contribution < 1.29 is 23.9 Å². The molecule has 0 aromatic heterocycles. The van der Waals surface area contributed by atoms with Gasteiger partial charge in [-0.3, -0.25) is 19.3 Å². The van der Waals surface area contributed by atoms with E-state index in [1.807, 2.05) is 19.9 Å². The van der Waals surface area contributed by atoms with E-state index < -0.39 is 12.1 Å². The highest BCUT2D eigenvalue weighted by Gasteiger charge is 2.30. The number of rotatable bonds is 5. The summed E-state index contributed by atoms with van der Waals surface area (Å²) in [5.74, 6) is -1.43. The molecule has 0 aliphatic carbocycles. The predicted molar refractivity (Wildman–Crippen MR) is 103 cm³/mol. The van der Waals surface area contributed by atoms with Crippen LogP contribution in [0.1, 0.15) is 51.6 Å². The molecule has 0 saturated carbocycles. The Morgan fingerprint density at radius 1 is 0.893 bits per heavy atom. The monoisotopic (exact) mass is 379 g/mol. The number of amides is 2. The molecule has 28 heavy (non-hydrogen) atoms. The van der Waals surface area contributed by atoms with E-state index in [-0.39, 0.29) is 36.0 Å². The third-order valence-electron chi connectivity index (χ3n) is 4.86. The standard InChI is InChI=1S/C22H21NO5/c1-13-4-5-17(12-14(13)2)21(26)15(3)28-22(27)16-6-8-18(9-7-16)23-19(24)10-11-20(23)25/h4-9,12,15H,10-11H2,1-3H3. The Balaban J connectivity index is 1.68. The summed E-state index contributed by atoms with van der Waals surface area (Å²) in [4.78, 5) is 49.5. The first-order valence-electron chi connectivity index (χ1n) is 9.06. The Morgan fingerprint density at radius 2 is 1.46 bits per heavy atom. The smallest absolute Gasteiger partial charge is 0.338 e. The summed E-state index contributed by atoms with van der Waals surface area (Å²) in [6.07, 6.45) is -0.544. The van der Waals surface area contributed by atoms with Gasteiger partial charge in [0.2, 0.25) is 17.6 Å². The maximum absolute atomic E-state index is 12.5. The molecule has 1 saturated heterocycles. The van der Waals surface area contributed by atoms with Gasteiger partial charge in [0, 0.05) is 18.4 Å². The molecule has 1 fully saturated rings. The fourth-order valence-corrected chi connectivity index (χ4v) is 3.02. The van der Waals surface area contributed by atoms with Crippen molar-refractivity contribution in [1.82, 2.24) is 0 Å². The fourth-order valence-electron chi connectivity index (χ4n) is 3.02. The minimum absolute atomic E-state index is 0.195. The molecule has 0 N–H and O–H groups in total. The van der Waals surface area contributed by atoms with Crippen LogP contribution in [0.2, 0.25) is 0 Å².